The fraction of sp³-hybridized carbons (Fsp3) is 0.471. The van der Waals surface area contributed by atoms with E-state index in [4.69, 9.17) is 9.47 Å². The van der Waals surface area contributed by atoms with E-state index in [1.54, 1.807) is 19.5 Å². The van der Waals surface area contributed by atoms with E-state index in [9.17, 15) is 5.11 Å². The van der Waals surface area contributed by atoms with Crippen LogP contribution >= 0.6 is 0 Å². The van der Waals surface area contributed by atoms with E-state index in [1.165, 1.54) is 6.42 Å². The second kappa shape index (κ2) is 5.90. The Labute approximate surface area is 124 Å². The maximum absolute atomic E-state index is 10.5. The molecular formula is C17H21NO3. The molecule has 0 radical (unpaired) electrons. The van der Waals surface area contributed by atoms with Crippen LogP contribution in [0.15, 0.2) is 30.6 Å². The number of benzene rings is 1. The smallest absolute Gasteiger partial charge is 0.162 e. The molecule has 112 valence electrons. The van der Waals surface area contributed by atoms with Crippen LogP contribution in [0.25, 0.3) is 10.8 Å². The van der Waals surface area contributed by atoms with E-state index >= 15 is 0 Å². The zero-order chi connectivity index (χ0) is 14.7. The third-order valence-corrected chi connectivity index (χ3v) is 4.20. The van der Waals surface area contributed by atoms with Gasteiger partial charge in [-0.05, 0) is 36.4 Å². The zero-order valence-corrected chi connectivity index (χ0v) is 12.3. The van der Waals surface area contributed by atoms with E-state index in [1.807, 2.05) is 18.2 Å². The van der Waals surface area contributed by atoms with Gasteiger partial charge >= 0.3 is 0 Å². The molecule has 1 fully saturated rings. The second-order valence-electron chi connectivity index (χ2n) is 5.80. The minimum atomic E-state index is -0.701. The van der Waals surface area contributed by atoms with Gasteiger partial charge in [0.25, 0.3) is 0 Å². The normalized spacial score (nSPS) is 17.6. The molecule has 0 unspecified atom stereocenters. The SMILES string of the molecule is COc1cc2ccncc2cc1OCC1(O)CCCCC1. The minimum absolute atomic E-state index is 0.315. The van der Waals surface area contributed by atoms with Gasteiger partial charge < -0.3 is 14.6 Å². The van der Waals surface area contributed by atoms with Crippen molar-refractivity contribution in [3.63, 3.8) is 0 Å². The van der Waals surface area contributed by atoms with Crippen molar-refractivity contribution < 1.29 is 14.6 Å². The predicted molar refractivity (Wildman–Crippen MR) is 81.8 cm³/mol. The summed E-state index contributed by atoms with van der Waals surface area (Å²) in [5.74, 6) is 1.35. The number of pyridine rings is 1. The lowest BCUT2D eigenvalue weighted by Crippen LogP contribution is -2.37. The van der Waals surface area contributed by atoms with Crippen molar-refractivity contribution in [2.75, 3.05) is 13.7 Å². The van der Waals surface area contributed by atoms with Gasteiger partial charge in [-0.2, -0.15) is 0 Å². The monoisotopic (exact) mass is 287 g/mol. The fourth-order valence-corrected chi connectivity index (χ4v) is 2.93. The first-order valence-corrected chi connectivity index (χ1v) is 7.47. The molecule has 1 heterocycles. The summed E-state index contributed by atoms with van der Waals surface area (Å²) in [6.45, 7) is 0.315. The van der Waals surface area contributed by atoms with Crippen LogP contribution in [0.3, 0.4) is 0 Å². The van der Waals surface area contributed by atoms with Gasteiger partial charge in [0.2, 0.25) is 0 Å². The van der Waals surface area contributed by atoms with Gasteiger partial charge in [0.15, 0.2) is 11.5 Å². The summed E-state index contributed by atoms with van der Waals surface area (Å²) in [6, 6.07) is 5.81. The van der Waals surface area contributed by atoms with Gasteiger partial charge in [-0.15, -0.1) is 0 Å². The molecular weight excluding hydrogens is 266 g/mol. The van der Waals surface area contributed by atoms with Crippen LogP contribution in [-0.2, 0) is 0 Å². The van der Waals surface area contributed by atoms with Crippen molar-refractivity contribution in [1.29, 1.82) is 0 Å². The van der Waals surface area contributed by atoms with Crippen LogP contribution in [0.5, 0.6) is 11.5 Å². The number of nitrogens with zero attached hydrogens (tertiary/aromatic N) is 1. The molecule has 0 spiro atoms. The van der Waals surface area contributed by atoms with Crippen molar-refractivity contribution in [2.24, 2.45) is 0 Å². The van der Waals surface area contributed by atoms with Crippen molar-refractivity contribution in [2.45, 2.75) is 37.7 Å². The van der Waals surface area contributed by atoms with Gasteiger partial charge in [-0.25, -0.2) is 0 Å². The zero-order valence-electron chi connectivity index (χ0n) is 12.3. The first kappa shape index (κ1) is 14.1. The third kappa shape index (κ3) is 3.10. The number of methoxy groups -OCH3 is 1. The predicted octanol–water partition coefficient (Wildman–Crippen LogP) is 3.32. The van der Waals surface area contributed by atoms with Crippen LogP contribution < -0.4 is 9.47 Å². The highest BCUT2D eigenvalue weighted by molar-refractivity contribution is 5.85. The summed E-state index contributed by atoms with van der Waals surface area (Å²) in [5.41, 5.74) is -0.701. The van der Waals surface area contributed by atoms with E-state index in [0.29, 0.717) is 18.1 Å². The van der Waals surface area contributed by atoms with Gasteiger partial charge in [0.05, 0.1) is 12.7 Å². The maximum atomic E-state index is 10.5. The Balaban J connectivity index is 1.82. The Hall–Kier alpha value is -1.81. The summed E-state index contributed by atoms with van der Waals surface area (Å²) >= 11 is 0. The van der Waals surface area contributed by atoms with E-state index in [2.05, 4.69) is 4.98 Å². The molecule has 21 heavy (non-hydrogen) atoms. The molecule has 1 N–H and O–H groups in total. The molecule has 0 aliphatic heterocycles. The van der Waals surface area contributed by atoms with Crippen LogP contribution in [0.4, 0.5) is 0 Å². The number of hydrogen-bond acceptors (Lipinski definition) is 4. The first-order chi connectivity index (χ1) is 10.2. The van der Waals surface area contributed by atoms with Crippen LogP contribution in [0, 0.1) is 0 Å². The lowest BCUT2D eigenvalue weighted by Gasteiger charge is -2.31. The third-order valence-electron chi connectivity index (χ3n) is 4.20. The molecule has 1 aromatic heterocycles. The number of ether oxygens (including phenoxy) is 2. The van der Waals surface area contributed by atoms with Crippen LogP contribution in [0.2, 0.25) is 0 Å². The molecule has 4 heteroatoms. The summed E-state index contributed by atoms with van der Waals surface area (Å²) in [7, 11) is 1.63. The van der Waals surface area contributed by atoms with Gasteiger partial charge in [0, 0.05) is 17.8 Å². The van der Waals surface area contributed by atoms with E-state index in [-0.39, 0.29) is 0 Å². The molecule has 1 saturated carbocycles. The van der Waals surface area contributed by atoms with Crippen LogP contribution in [0.1, 0.15) is 32.1 Å². The summed E-state index contributed by atoms with van der Waals surface area (Å²) in [4.78, 5) is 4.13. The molecule has 4 nitrogen and oxygen atoms in total. The lowest BCUT2D eigenvalue weighted by atomic mass is 9.85. The molecule has 1 aromatic carbocycles. The lowest BCUT2D eigenvalue weighted by molar-refractivity contribution is -0.0343. The maximum Gasteiger partial charge on any atom is 0.162 e. The molecule has 0 atom stereocenters. The highest BCUT2D eigenvalue weighted by atomic mass is 16.5. The highest BCUT2D eigenvalue weighted by Crippen LogP contribution is 2.34. The summed E-state index contributed by atoms with van der Waals surface area (Å²) < 4.78 is 11.3. The first-order valence-electron chi connectivity index (χ1n) is 7.47. The number of hydrogen-bond donors (Lipinski definition) is 1. The largest absolute Gasteiger partial charge is 0.493 e. The van der Waals surface area contributed by atoms with Gasteiger partial charge in [0.1, 0.15) is 6.61 Å². The van der Waals surface area contributed by atoms with E-state index < -0.39 is 5.60 Å². The van der Waals surface area contributed by atoms with Gasteiger partial charge in [-0.1, -0.05) is 19.3 Å². The second-order valence-corrected chi connectivity index (χ2v) is 5.80. The Bertz CT molecular complexity index is 620. The van der Waals surface area contributed by atoms with Crippen molar-refractivity contribution in [1.82, 2.24) is 4.98 Å². The quantitative estimate of drug-likeness (QED) is 0.937. The van der Waals surface area contributed by atoms with Crippen LogP contribution in [-0.4, -0.2) is 29.4 Å². The molecule has 1 aliphatic rings. The van der Waals surface area contributed by atoms with Gasteiger partial charge in [-0.3, -0.25) is 4.98 Å². The van der Waals surface area contributed by atoms with Crippen molar-refractivity contribution in [3.05, 3.63) is 30.6 Å². The highest BCUT2D eigenvalue weighted by Gasteiger charge is 2.30. The average Bonchev–Trinajstić information content (AvgIpc) is 2.53. The molecule has 1 aliphatic carbocycles. The average molecular weight is 287 g/mol. The standard InChI is InChI=1S/C17H21NO3/c1-20-15-9-13-5-8-18-11-14(13)10-16(15)21-12-17(19)6-3-2-4-7-17/h5,8-11,19H,2-4,6-7,12H2,1H3. The topological polar surface area (TPSA) is 51.6 Å². The summed E-state index contributed by atoms with van der Waals surface area (Å²) in [5, 5.41) is 12.6. The Morgan fingerprint density at radius 2 is 1.90 bits per heavy atom. The molecule has 0 saturated heterocycles. The molecule has 3 rings (SSSR count). The number of aliphatic hydroxyl groups is 1. The molecule has 0 bridgehead atoms. The number of fused-ring (bicyclic) bond motifs is 1. The number of rotatable bonds is 4. The van der Waals surface area contributed by atoms with Crippen molar-refractivity contribution >= 4 is 10.8 Å². The number of aromatic nitrogens is 1. The van der Waals surface area contributed by atoms with E-state index in [0.717, 1.165) is 36.5 Å². The molecule has 0 amide bonds. The summed E-state index contributed by atoms with van der Waals surface area (Å²) in [6.07, 6.45) is 8.52. The Kier molecular flexibility index (Phi) is 3.97. The fourth-order valence-electron chi connectivity index (χ4n) is 2.93. The molecule has 2 aromatic rings. The minimum Gasteiger partial charge on any atom is -0.493 e. The Morgan fingerprint density at radius 3 is 2.67 bits per heavy atom. The Morgan fingerprint density at radius 1 is 1.14 bits per heavy atom. The van der Waals surface area contributed by atoms with Crippen molar-refractivity contribution in [3.8, 4) is 11.5 Å².